The summed E-state index contributed by atoms with van der Waals surface area (Å²) in [4.78, 5) is 0. The highest BCUT2D eigenvalue weighted by molar-refractivity contribution is 5.41. The van der Waals surface area contributed by atoms with E-state index in [9.17, 15) is 0 Å². The molecule has 1 nitrogen and oxygen atoms in total. The van der Waals surface area contributed by atoms with E-state index in [-0.39, 0.29) is 0 Å². The molecule has 0 amide bonds. The predicted octanol–water partition coefficient (Wildman–Crippen LogP) is 3.33. The smallest absolute Gasteiger partial charge is 0.00790 e. The highest BCUT2D eigenvalue weighted by Gasteiger charge is 2.44. The van der Waals surface area contributed by atoms with Crippen molar-refractivity contribution in [3.63, 3.8) is 0 Å². The minimum atomic E-state index is 0.360. The SMILES string of the molecule is NCC1(c2ccccc2C2CCCC2)CC1. The summed E-state index contributed by atoms with van der Waals surface area (Å²) in [6, 6.07) is 9.06. The normalized spacial score (nSPS) is 23.6. The minimum absolute atomic E-state index is 0.360. The van der Waals surface area contributed by atoms with Crippen LogP contribution in [0.4, 0.5) is 0 Å². The third-order valence-electron chi connectivity index (χ3n) is 4.57. The summed E-state index contributed by atoms with van der Waals surface area (Å²) in [5, 5.41) is 0. The molecule has 2 N–H and O–H groups in total. The van der Waals surface area contributed by atoms with Gasteiger partial charge in [-0.15, -0.1) is 0 Å². The zero-order valence-corrected chi connectivity index (χ0v) is 9.91. The first-order valence-corrected chi connectivity index (χ1v) is 6.65. The van der Waals surface area contributed by atoms with E-state index >= 15 is 0 Å². The molecule has 1 aromatic carbocycles. The van der Waals surface area contributed by atoms with E-state index in [0.717, 1.165) is 12.5 Å². The Kier molecular flexibility index (Phi) is 2.51. The molecule has 0 atom stereocenters. The van der Waals surface area contributed by atoms with Crippen LogP contribution in [-0.2, 0) is 5.41 Å². The molecular formula is C15H21N. The van der Waals surface area contributed by atoms with Crippen LogP contribution in [-0.4, -0.2) is 6.54 Å². The molecule has 0 aliphatic heterocycles. The Morgan fingerprint density at radius 3 is 2.44 bits per heavy atom. The monoisotopic (exact) mass is 215 g/mol. The van der Waals surface area contributed by atoms with Gasteiger partial charge in [-0.05, 0) is 42.7 Å². The fraction of sp³-hybridized carbons (Fsp3) is 0.600. The lowest BCUT2D eigenvalue weighted by molar-refractivity contribution is 0.653. The van der Waals surface area contributed by atoms with Crippen LogP contribution < -0.4 is 5.73 Å². The van der Waals surface area contributed by atoms with Gasteiger partial charge in [-0.2, -0.15) is 0 Å². The Hall–Kier alpha value is -0.820. The Bertz CT molecular complexity index is 373. The fourth-order valence-electron chi connectivity index (χ4n) is 3.31. The van der Waals surface area contributed by atoms with Gasteiger partial charge in [0, 0.05) is 12.0 Å². The molecule has 3 rings (SSSR count). The van der Waals surface area contributed by atoms with Crippen molar-refractivity contribution in [2.75, 3.05) is 6.54 Å². The largest absolute Gasteiger partial charge is 0.330 e. The summed E-state index contributed by atoms with van der Waals surface area (Å²) in [7, 11) is 0. The van der Waals surface area contributed by atoms with Crippen molar-refractivity contribution in [3.8, 4) is 0 Å². The summed E-state index contributed by atoms with van der Waals surface area (Å²) < 4.78 is 0. The summed E-state index contributed by atoms with van der Waals surface area (Å²) in [5.41, 5.74) is 9.52. The third-order valence-corrected chi connectivity index (χ3v) is 4.57. The second-order valence-corrected chi connectivity index (χ2v) is 5.55. The van der Waals surface area contributed by atoms with Gasteiger partial charge in [0.1, 0.15) is 0 Å². The van der Waals surface area contributed by atoms with Crippen molar-refractivity contribution >= 4 is 0 Å². The first kappa shape index (κ1) is 10.3. The van der Waals surface area contributed by atoms with Crippen molar-refractivity contribution in [1.29, 1.82) is 0 Å². The van der Waals surface area contributed by atoms with E-state index in [4.69, 9.17) is 5.73 Å². The van der Waals surface area contributed by atoms with Crippen LogP contribution in [0, 0.1) is 0 Å². The average Bonchev–Trinajstić information content (AvgIpc) is 2.95. The molecule has 2 aliphatic carbocycles. The van der Waals surface area contributed by atoms with E-state index < -0.39 is 0 Å². The van der Waals surface area contributed by atoms with Gasteiger partial charge in [-0.3, -0.25) is 0 Å². The summed E-state index contributed by atoms with van der Waals surface area (Å²) in [5.74, 6) is 0.820. The van der Waals surface area contributed by atoms with Gasteiger partial charge in [-0.1, -0.05) is 37.1 Å². The molecule has 0 spiro atoms. The van der Waals surface area contributed by atoms with E-state index in [1.165, 1.54) is 38.5 Å². The molecule has 2 aliphatic rings. The Morgan fingerprint density at radius 1 is 1.12 bits per heavy atom. The summed E-state index contributed by atoms with van der Waals surface area (Å²) in [6.07, 6.45) is 8.19. The highest BCUT2D eigenvalue weighted by atomic mass is 14.7. The quantitative estimate of drug-likeness (QED) is 0.822. The van der Waals surface area contributed by atoms with E-state index in [1.807, 2.05) is 0 Å². The lowest BCUT2D eigenvalue weighted by Gasteiger charge is -2.21. The molecule has 16 heavy (non-hydrogen) atoms. The third kappa shape index (κ3) is 1.58. The molecule has 0 aromatic heterocycles. The molecule has 0 radical (unpaired) electrons. The van der Waals surface area contributed by atoms with Crippen LogP contribution in [0.1, 0.15) is 55.6 Å². The second-order valence-electron chi connectivity index (χ2n) is 5.55. The van der Waals surface area contributed by atoms with Crippen LogP contribution in [0.2, 0.25) is 0 Å². The average molecular weight is 215 g/mol. The predicted molar refractivity (Wildman–Crippen MR) is 67.6 cm³/mol. The lowest BCUT2D eigenvalue weighted by Crippen LogP contribution is -2.21. The first-order valence-electron chi connectivity index (χ1n) is 6.65. The Morgan fingerprint density at radius 2 is 1.81 bits per heavy atom. The summed E-state index contributed by atoms with van der Waals surface area (Å²) >= 11 is 0. The highest BCUT2D eigenvalue weighted by Crippen LogP contribution is 2.51. The lowest BCUT2D eigenvalue weighted by atomic mass is 9.85. The van der Waals surface area contributed by atoms with Crippen LogP contribution in [0.15, 0.2) is 24.3 Å². The zero-order chi connectivity index (χ0) is 11.0. The van der Waals surface area contributed by atoms with Gasteiger partial charge < -0.3 is 5.73 Å². The topological polar surface area (TPSA) is 26.0 Å². The van der Waals surface area contributed by atoms with Gasteiger partial charge in [0.2, 0.25) is 0 Å². The fourth-order valence-corrected chi connectivity index (χ4v) is 3.31. The minimum Gasteiger partial charge on any atom is -0.330 e. The number of nitrogens with two attached hydrogens (primary N) is 1. The number of rotatable bonds is 3. The number of hydrogen-bond acceptors (Lipinski definition) is 1. The van der Waals surface area contributed by atoms with Gasteiger partial charge in [0.25, 0.3) is 0 Å². The Balaban J connectivity index is 1.97. The molecule has 2 saturated carbocycles. The molecular weight excluding hydrogens is 194 g/mol. The molecule has 86 valence electrons. The number of hydrogen-bond donors (Lipinski definition) is 1. The molecule has 0 heterocycles. The van der Waals surface area contributed by atoms with E-state index in [2.05, 4.69) is 24.3 Å². The van der Waals surface area contributed by atoms with Crippen LogP contribution in [0.25, 0.3) is 0 Å². The molecule has 0 bridgehead atoms. The van der Waals surface area contributed by atoms with E-state index in [0.29, 0.717) is 5.41 Å². The molecule has 1 aromatic rings. The maximum atomic E-state index is 5.97. The maximum Gasteiger partial charge on any atom is 0.00790 e. The van der Waals surface area contributed by atoms with Crippen LogP contribution in [0.5, 0.6) is 0 Å². The summed E-state index contributed by atoms with van der Waals surface area (Å²) in [6.45, 7) is 0.830. The maximum absolute atomic E-state index is 5.97. The Labute approximate surface area is 98.0 Å². The molecule has 0 unspecified atom stereocenters. The van der Waals surface area contributed by atoms with Crippen molar-refractivity contribution < 1.29 is 0 Å². The van der Waals surface area contributed by atoms with Gasteiger partial charge in [0.15, 0.2) is 0 Å². The van der Waals surface area contributed by atoms with Crippen molar-refractivity contribution in [2.24, 2.45) is 5.73 Å². The molecule has 2 fully saturated rings. The van der Waals surface area contributed by atoms with Crippen molar-refractivity contribution in [1.82, 2.24) is 0 Å². The first-order chi connectivity index (χ1) is 7.86. The second kappa shape index (κ2) is 3.89. The van der Waals surface area contributed by atoms with Crippen LogP contribution in [0.3, 0.4) is 0 Å². The number of benzene rings is 1. The van der Waals surface area contributed by atoms with Crippen molar-refractivity contribution in [2.45, 2.75) is 49.9 Å². The van der Waals surface area contributed by atoms with Gasteiger partial charge in [-0.25, -0.2) is 0 Å². The standard InChI is InChI=1S/C15H21N/c16-11-15(9-10-15)14-8-4-3-7-13(14)12-5-1-2-6-12/h3-4,7-8,12H,1-2,5-6,9-11,16H2. The van der Waals surface area contributed by atoms with Crippen LogP contribution >= 0.6 is 0 Å². The molecule has 0 saturated heterocycles. The van der Waals surface area contributed by atoms with E-state index in [1.54, 1.807) is 11.1 Å². The van der Waals surface area contributed by atoms with Crippen molar-refractivity contribution in [3.05, 3.63) is 35.4 Å². The van der Waals surface area contributed by atoms with Gasteiger partial charge in [0.05, 0.1) is 0 Å². The van der Waals surface area contributed by atoms with Gasteiger partial charge >= 0.3 is 0 Å². The zero-order valence-electron chi connectivity index (χ0n) is 9.91. The molecule has 1 heteroatoms.